The van der Waals surface area contributed by atoms with Gasteiger partial charge in [0.1, 0.15) is 0 Å². The van der Waals surface area contributed by atoms with E-state index in [1.54, 1.807) is 0 Å². The number of para-hydroxylation sites is 3. The highest BCUT2D eigenvalue weighted by atomic mass is 15.2. The van der Waals surface area contributed by atoms with Crippen LogP contribution in [0.4, 0.5) is 17.1 Å². The third kappa shape index (κ3) is 6.18. The van der Waals surface area contributed by atoms with Gasteiger partial charge in [-0.2, -0.15) is 0 Å². The second kappa shape index (κ2) is 15.6. The van der Waals surface area contributed by atoms with Crippen molar-refractivity contribution in [2.75, 3.05) is 4.90 Å². The fourth-order valence-corrected chi connectivity index (χ4v) is 10.7. The largest absolute Gasteiger partial charge is 0.333 e. The van der Waals surface area contributed by atoms with E-state index in [0.717, 1.165) is 51.3 Å². The first kappa shape index (κ1) is 38.5. The van der Waals surface area contributed by atoms with Gasteiger partial charge in [0.05, 0.1) is 28.5 Å². The van der Waals surface area contributed by atoms with Crippen LogP contribution in [0.5, 0.6) is 0 Å². The van der Waals surface area contributed by atoms with E-state index in [4.69, 9.17) is 15.0 Å². The first-order valence-electron chi connectivity index (χ1n) is 22.5. The van der Waals surface area contributed by atoms with Crippen molar-refractivity contribution in [3.63, 3.8) is 0 Å². The number of allylic oxidation sites excluding steroid dienone is 4. The predicted molar refractivity (Wildman–Crippen MR) is 267 cm³/mol. The lowest BCUT2D eigenvalue weighted by Crippen LogP contribution is -2.38. The van der Waals surface area contributed by atoms with Gasteiger partial charge in [-0.25, -0.2) is 15.0 Å². The van der Waals surface area contributed by atoms with E-state index in [9.17, 15) is 0 Å². The van der Waals surface area contributed by atoms with Crippen LogP contribution in [-0.2, 0) is 5.41 Å². The normalized spacial score (nSPS) is 15.0. The van der Waals surface area contributed by atoms with E-state index in [0.29, 0.717) is 17.5 Å². The lowest BCUT2D eigenvalue weighted by Gasteiger charge is -2.47. The molecule has 5 heteroatoms. The van der Waals surface area contributed by atoms with Gasteiger partial charge in [-0.1, -0.05) is 176 Å². The van der Waals surface area contributed by atoms with E-state index >= 15 is 0 Å². The summed E-state index contributed by atoms with van der Waals surface area (Å²) in [5.41, 5.74) is 15.3. The zero-order chi connectivity index (χ0) is 43.5. The molecule has 0 bridgehead atoms. The monoisotopic (exact) mass is 835 g/mol. The molecular weight excluding hydrogens is 791 g/mol. The maximum Gasteiger partial charge on any atom is 0.164 e. The van der Waals surface area contributed by atoms with E-state index in [2.05, 4.69) is 205 Å². The Hall–Kier alpha value is -8.15. The van der Waals surface area contributed by atoms with E-state index in [-0.39, 0.29) is 6.04 Å². The molecule has 1 atom stereocenters. The molecule has 65 heavy (non-hydrogen) atoms. The molecule has 3 heterocycles. The molecule has 1 unspecified atom stereocenters. The summed E-state index contributed by atoms with van der Waals surface area (Å²) in [6.45, 7) is 4.43. The number of aryl methyl sites for hydroxylation is 2. The Labute approximate surface area is 379 Å². The summed E-state index contributed by atoms with van der Waals surface area (Å²) in [5, 5.41) is 2.53. The Morgan fingerprint density at radius 2 is 0.985 bits per heavy atom. The molecule has 0 saturated carbocycles. The summed E-state index contributed by atoms with van der Waals surface area (Å²) >= 11 is 0. The fourth-order valence-electron chi connectivity index (χ4n) is 10.7. The number of hydrogen-bond donors (Lipinski definition) is 0. The number of aromatic nitrogens is 4. The van der Waals surface area contributed by atoms with Gasteiger partial charge in [-0.15, -0.1) is 0 Å². The lowest BCUT2D eigenvalue weighted by molar-refractivity contribution is 0.647. The molecule has 0 saturated heterocycles. The summed E-state index contributed by atoms with van der Waals surface area (Å²) in [6, 6.07) is 70.4. The van der Waals surface area contributed by atoms with Gasteiger partial charge in [0.2, 0.25) is 0 Å². The lowest BCUT2D eigenvalue weighted by atomic mass is 9.62. The zero-order valence-corrected chi connectivity index (χ0v) is 36.3. The van der Waals surface area contributed by atoms with Gasteiger partial charge in [0.15, 0.2) is 17.5 Å². The van der Waals surface area contributed by atoms with Gasteiger partial charge < -0.3 is 9.47 Å². The predicted octanol–water partition coefficient (Wildman–Crippen LogP) is 14.8. The number of benzene rings is 8. The van der Waals surface area contributed by atoms with Gasteiger partial charge in [0.25, 0.3) is 0 Å². The van der Waals surface area contributed by atoms with Gasteiger partial charge in [-0.3, -0.25) is 0 Å². The zero-order valence-electron chi connectivity index (χ0n) is 36.3. The highest BCUT2D eigenvalue weighted by Gasteiger charge is 2.47. The van der Waals surface area contributed by atoms with Gasteiger partial charge >= 0.3 is 0 Å². The van der Waals surface area contributed by atoms with Crippen molar-refractivity contribution in [1.82, 2.24) is 19.5 Å². The van der Waals surface area contributed by atoms with Crippen LogP contribution in [-0.4, -0.2) is 19.5 Å². The van der Waals surface area contributed by atoms with Crippen molar-refractivity contribution in [2.24, 2.45) is 0 Å². The summed E-state index contributed by atoms with van der Waals surface area (Å²) in [5.74, 6) is 1.94. The molecule has 0 radical (unpaired) electrons. The summed E-state index contributed by atoms with van der Waals surface area (Å²) in [7, 11) is 0. The second-order valence-electron chi connectivity index (χ2n) is 17.2. The molecule has 0 N–H and O–H groups in total. The van der Waals surface area contributed by atoms with Crippen molar-refractivity contribution >= 4 is 38.9 Å². The van der Waals surface area contributed by atoms with Crippen molar-refractivity contribution in [2.45, 2.75) is 31.7 Å². The molecule has 310 valence electrons. The van der Waals surface area contributed by atoms with E-state index in [1.807, 2.05) is 36.4 Å². The number of anilines is 3. The Morgan fingerprint density at radius 1 is 0.462 bits per heavy atom. The van der Waals surface area contributed by atoms with Crippen LogP contribution in [0.2, 0.25) is 0 Å². The number of rotatable bonds is 7. The minimum Gasteiger partial charge on any atom is -0.333 e. The molecule has 2 aromatic heterocycles. The topological polar surface area (TPSA) is 46.8 Å². The van der Waals surface area contributed by atoms with Gasteiger partial charge in [0, 0.05) is 38.5 Å². The molecule has 10 aromatic rings. The van der Waals surface area contributed by atoms with Crippen LogP contribution in [0, 0.1) is 13.8 Å². The Morgan fingerprint density at radius 3 is 1.58 bits per heavy atom. The molecule has 0 amide bonds. The molecule has 5 nitrogen and oxygen atoms in total. The number of fused-ring (bicyclic) bond motifs is 5. The third-order valence-electron chi connectivity index (χ3n) is 13.4. The summed E-state index contributed by atoms with van der Waals surface area (Å²) in [6.07, 6.45) is 9.92. The average Bonchev–Trinajstić information content (AvgIpc) is 3.70. The van der Waals surface area contributed by atoms with Crippen molar-refractivity contribution in [3.8, 4) is 34.2 Å². The number of nitrogens with zero attached hydrogens (tertiary/aromatic N) is 5. The highest BCUT2D eigenvalue weighted by molar-refractivity contribution is 6.09. The third-order valence-corrected chi connectivity index (χ3v) is 13.4. The highest BCUT2D eigenvalue weighted by Crippen LogP contribution is 2.59. The first-order chi connectivity index (χ1) is 32.1. The van der Waals surface area contributed by atoms with Crippen LogP contribution in [0.15, 0.2) is 218 Å². The molecule has 2 aliphatic rings. The summed E-state index contributed by atoms with van der Waals surface area (Å²) < 4.78 is 2.53. The van der Waals surface area contributed by atoms with E-state index < -0.39 is 5.41 Å². The Bertz CT molecular complexity index is 3370. The molecule has 1 aliphatic heterocycles. The number of hydrogen-bond acceptors (Lipinski definition) is 4. The van der Waals surface area contributed by atoms with Crippen LogP contribution in [0.25, 0.3) is 56.0 Å². The van der Waals surface area contributed by atoms with Crippen LogP contribution < -0.4 is 4.90 Å². The molecule has 8 aromatic carbocycles. The first-order valence-corrected chi connectivity index (χ1v) is 22.5. The summed E-state index contributed by atoms with van der Waals surface area (Å²) in [4.78, 5) is 17.7. The van der Waals surface area contributed by atoms with Crippen molar-refractivity contribution in [1.29, 1.82) is 0 Å². The standard InChI is InChI=1S/C60H45N5/c1-40-37-44(59-62-57(42-21-7-3-8-22-42)61-58(63-59)43-23-9-4-10-24-43)38-41(2)56(40)65-54-33-19-16-30-50(54)60(45-25-11-5-12-26-45,51-31-17-20-34-55(51)65)46-35-36-53-49(39-46)48-29-15-18-32-52(48)64(53)47-27-13-6-14-28-47/h3-27,29-39,47H,28H2,1-2H3. The van der Waals surface area contributed by atoms with Crippen LogP contribution in [0.3, 0.4) is 0 Å². The van der Waals surface area contributed by atoms with Gasteiger partial charge in [-0.05, 0) is 96.1 Å². The molecule has 0 spiro atoms. The molecular formula is C60H45N5. The molecule has 12 rings (SSSR count). The molecule has 1 aliphatic carbocycles. The van der Waals surface area contributed by atoms with Crippen molar-refractivity contribution < 1.29 is 0 Å². The maximum atomic E-state index is 5.11. The minimum absolute atomic E-state index is 0.251. The molecule has 0 fully saturated rings. The Kier molecular flexibility index (Phi) is 9.23. The smallest absolute Gasteiger partial charge is 0.164 e. The Balaban J connectivity index is 1.06. The van der Waals surface area contributed by atoms with Crippen molar-refractivity contribution in [3.05, 3.63) is 252 Å². The van der Waals surface area contributed by atoms with Crippen LogP contribution >= 0.6 is 0 Å². The quantitative estimate of drug-likeness (QED) is 0.160. The average molecular weight is 836 g/mol. The van der Waals surface area contributed by atoms with Crippen LogP contribution in [0.1, 0.15) is 45.8 Å². The minimum atomic E-state index is -0.635. The SMILES string of the molecule is Cc1cc(-c2nc(-c3ccccc3)nc(-c3ccccc3)n2)cc(C)c1N1c2ccccc2C(c2ccccc2)(c2ccc3c(c2)c2ccccc2n3C2C=CC=CC2)c2ccccc21. The fraction of sp³-hybridized carbons (Fsp3) is 0.0833. The van der Waals surface area contributed by atoms with E-state index in [1.165, 1.54) is 44.1 Å². The maximum absolute atomic E-state index is 5.11. The second-order valence-corrected chi connectivity index (χ2v) is 17.2.